The molecule has 0 radical (unpaired) electrons. The predicted octanol–water partition coefficient (Wildman–Crippen LogP) is 5.52. The number of hydrogen-bond acceptors (Lipinski definition) is 6. The molecule has 4 rings (SSSR count). The first-order valence-electron chi connectivity index (χ1n) is 11.8. The Kier molecular flexibility index (Phi) is 7.59. The number of rotatable bonds is 7. The van der Waals surface area contributed by atoms with Gasteiger partial charge in [-0.2, -0.15) is 0 Å². The van der Waals surface area contributed by atoms with E-state index in [0.29, 0.717) is 34.3 Å². The monoisotopic (exact) mass is 533 g/mol. The number of carbonyl (C=O) groups is 3. The van der Waals surface area contributed by atoms with E-state index >= 15 is 0 Å². The molecule has 194 valence electrons. The van der Waals surface area contributed by atoms with Gasteiger partial charge in [-0.1, -0.05) is 47.0 Å². The van der Waals surface area contributed by atoms with Gasteiger partial charge in [-0.25, -0.2) is 9.69 Å². The largest absolute Gasteiger partial charge is 0.494 e. The lowest BCUT2D eigenvalue weighted by Crippen LogP contribution is -2.54. The molecule has 10 heteroatoms. The van der Waals surface area contributed by atoms with Crippen LogP contribution >= 0.6 is 11.6 Å². The summed E-state index contributed by atoms with van der Waals surface area (Å²) in [4.78, 5) is 49.5. The van der Waals surface area contributed by atoms with E-state index in [-0.39, 0.29) is 16.9 Å². The van der Waals surface area contributed by atoms with Crippen LogP contribution in [0, 0.1) is 24.0 Å². The Bertz CT molecular complexity index is 1490. The van der Waals surface area contributed by atoms with E-state index in [9.17, 15) is 24.5 Å². The SMILES string of the molecule is CCOc1cc(/C=C2\C(=O)NC(=O)N(c3cccc([N+](=O)[O-])c3)C2=O)cc(Cl)c1Cc1cc(C)cc(C)c1. The number of benzene rings is 3. The van der Waals surface area contributed by atoms with E-state index in [2.05, 4.69) is 23.5 Å². The second kappa shape index (κ2) is 10.9. The van der Waals surface area contributed by atoms with Gasteiger partial charge in [-0.3, -0.25) is 25.0 Å². The second-order valence-corrected chi connectivity index (χ2v) is 9.23. The van der Waals surface area contributed by atoms with E-state index in [1.807, 2.05) is 20.8 Å². The minimum Gasteiger partial charge on any atom is -0.494 e. The minimum atomic E-state index is -1.01. The van der Waals surface area contributed by atoms with E-state index in [1.165, 1.54) is 24.3 Å². The third-order valence-corrected chi connectivity index (χ3v) is 6.19. The molecule has 0 aromatic heterocycles. The molecular formula is C28H24ClN3O6. The van der Waals surface area contributed by atoms with E-state index < -0.39 is 22.8 Å². The van der Waals surface area contributed by atoms with Crippen molar-refractivity contribution in [2.24, 2.45) is 0 Å². The first kappa shape index (κ1) is 26.6. The normalized spacial score (nSPS) is 14.6. The molecular weight excluding hydrogens is 510 g/mol. The number of urea groups is 1. The number of nitrogens with zero attached hydrogens (tertiary/aromatic N) is 2. The number of ether oxygens (including phenoxy) is 1. The molecule has 1 heterocycles. The first-order valence-corrected chi connectivity index (χ1v) is 12.1. The summed E-state index contributed by atoms with van der Waals surface area (Å²) in [6.45, 7) is 6.24. The summed E-state index contributed by atoms with van der Waals surface area (Å²) in [5, 5.41) is 13.7. The molecule has 38 heavy (non-hydrogen) atoms. The van der Waals surface area contributed by atoms with Gasteiger partial charge >= 0.3 is 6.03 Å². The Balaban J connectivity index is 1.73. The number of anilines is 1. The van der Waals surface area contributed by atoms with Crippen LogP contribution in [0.1, 0.15) is 34.7 Å². The molecule has 0 atom stereocenters. The van der Waals surface area contributed by atoms with Gasteiger partial charge in [0.05, 0.1) is 17.2 Å². The van der Waals surface area contributed by atoms with E-state index in [0.717, 1.165) is 28.3 Å². The molecule has 3 aromatic carbocycles. The fourth-order valence-corrected chi connectivity index (χ4v) is 4.64. The number of halogens is 1. The molecule has 1 saturated heterocycles. The van der Waals surface area contributed by atoms with Crippen molar-refractivity contribution in [2.75, 3.05) is 11.5 Å². The summed E-state index contributed by atoms with van der Waals surface area (Å²) in [5.74, 6) is -1.32. The zero-order valence-electron chi connectivity index (χ0n) is 20.9. The summed E-state index contributed by atoms with van der Waals surface area (Å²) >= 11 is 6.66. The number of amides is 4. The maximum absolute atomic E-state index is 13.2. The molecule has 3 aromatic rings. The van der Waals surface area contributed by atoms with Gasteiger partial charge < -0.3 is 4.74 Å². The molecule has 1 aliphatic rings. The van der Waals surface area contributed by atoms with Gasteiger partial charge in [0, 0.05) is 29.1 Å². The Labute approximate surface area is 223 Å². The molecule has 1 aliphatic heterocycles. The lowest BCUT2D eigenvalue weighted by atomic mass is 9.98. The molecule has 9 nitrogen and oxygen atoms in total. The average molecular weight is 534 g/mol. The topological polar surface area (TPSA) is 119 Å². The maximum atomic E-state index is 13.2. The van der Waals surface area contributed by atoms with Gasteiger partial charge in [0.2, 0.25) is 0 Å². The lowest BCUT2D eigenvalue weighted by molar-refractivity contribution is -0.384. The number of barbiturate groups is 1. The summed E-state index contributed by atoms with van der Waals surface area (Å²) < 4.78 is 5.85. The number of hydrogen-bond donors (Lipinski definition) is 1. The Morgan fingerprint density at radius 2 is 1.76 bits per heavy atom. The fourth-order valence-electron chi connectivity index (χ4n) is 4.35. The van der Waals surface area contributed by atoms with Gasteiger partial charge in [-0.05, 0) is 56.2 Å². The minimum absolute atomic E-state index is 0.0445. The van der Waals surface area contributed by atoms with E-state index in [4.69, 9.17) is 16.3 Å². The molecule has 1 N–H and O–H groups in total. The smallest absolute Gasteiger partial charge is 0.335 e. The van der Waals surface area contributed by atoms with Gasteiger partial charge in [0.15, 0.2) is 0 Å². The molecule has 0 unspecified atom stereocenters. The molecule has 0 bridgehead atoms. The molecule has 0 saturated carbocycles. The quantitative estimate of drug-likeness (QED) is 0.185. The molecule has 0 aliphatic carbocycles. The number of imide groups is 2. The van der Waals surface area contributed by atoms with Crippen molar-refractivity contribution >= 4 is 46.9 Å². The molecule has 1 fully saturated rings. The summed E-state index contributed by atoms with van der Waals surface area (Å²) in [6.07, 6.45) is 1.82. The third kappa shape index (κ3) is 5.57. The molecule has 4 amide bonds. The highest BCUT2D eigenvalue weighted by Crippen LogP contribution is 2.33. The number of aryl methyl sites for hydroxylation is 2. The van der Waals surface area contributed by atoms with E-state index in [1.54, 1.807) is 12.1 Å². The fraction of sp³-hybridized carbons (Fsp3) is 0.179. The van der Waals surface area contributed by atoms with Crippen LogP contribution in [0.3, 0.4) is 0 Å². The van der Waals surface area contributed by atoms with Crippen LogP contribution in [0.2, 0.25) is 5.02 Å². The highest BCUT2D eigenvalue weighted by molar-refractivity contribution is 6.39. The van der Waals surface area contributed by atoms with Crippen molar-refractivity contribution in [1.82, 2.24) is 5.32 Å². The number of nitro benzene ring substituents is 1. The number of non-ortho nitro benzene ring substituents is 1. The van der Waals surface area contributed by atoms with Crippen molar-refractivity contribution in [1.29, 1.82) is 0 Å². The standard InChI is InChI=1S/C28H24ClN3O6/c1-4-38-25-14-19(13-24(29)22(25)11-18-9-16(2)8-17(3)10-18)12-23-26(33)30-28(35)31(27(23)34)20-6-5-7-21(15-20)32(36)37/h5-10,12-15H,4,11H2,1-3H3,(H,30,33,35)/b23-12+. The van der Waals surface area contributed by atoms with Gasteiger partial charge in [0.25, 0.3) is 17.5 Å². The highest BCUT2D eigenvalue weighted by atomic mass is 35.5. The van der Waals surface area contributed by atoms with Crippen molar-refractivity contribution in [3.8, 4) is 5.75 Å². The summed E-state index contributed by atoms with van der Waals surface area (Å²) in [5.41, 5.74) is 3.79. The third-order valence-electron chi connectivity index (χ3n) is 5.85. The van der Waals surface area contributed by atoms with Crippen LogP contribution in [-0.2, 0) is 16.0 Å². The van der Waals surface area contributed by atoms with Crippen LogP contribution in [0.4, 0.5) is 16.2 Å². The van der Waals surface area contributed by atoms with Crippen LogP contribution in [0.25, 0.3) is 6.08 Å². The van der Waals surface area contributed by atoms with Crippen molar-refractivity contribution < 1.29 is 24.0 Å². The van der Waals surface area contributed by atoms with Crippen LogP contribution in [0.5, 0.6) is 5.75 Å². The van der Waals surface area contributed by atoms with Crippen LogP contribution in [0.15, 0.2) is 60.2 Å². The summed E-state index contributed by atoms with van der Waals surface area (Å²) in [6, 6.07) is 13.5. The van der Waals surface area contributed by atoms with Crippen LogP contribution < -0.4 is 15.0 Å². The average Bonchev–Trinajstić information content (AvgIpc) is 2.83. The molecule has 0 spiro atoms. The Morgan fingerprint density at radius 1 is 1.05 bits per heavy atom. The number of nitrogens with one attached hydrogen (secondary N) is 1. The van der Waals surface area contributed by atoms with Crippen molar-refractivity contribution in [3.05, 3.63) is 103 Å². The Morgan fingerprint density at radius 3 is 2.42 bits per heavy atom. The number of nitro groups is 1. The zero-order valence-corrected chi connectivity index (χ0v) is 21.7. The lowest BCUT2D eigenvalue weighted by Gasteiger charge is -2.26. The Hall–Kier alpha value is -4.50. The highest BCUT2D eigenvalue weighted by Gasteiger charge is 2.37. The predicted molar refractivity (Wildman–Crippen MR) is 143 cm³/mol. The maximum Gasteiger partial charge on any atom is 0.335 e. The van der Waals surface area contributed by atoms with Crippen molar-refractivity contribution in [3.63, 3.8) is 0 Å². The second-order valence-electron chi connectivity index (χ2n) is 8.82. The van der Waals surface area contributed by atoms with Gasteiger partial charge in [-0.15, -0.1) is 0 Å². The number of carbonyl (C=O) groups excluding carboxylic acids is 3. The summed E-state index contributed by atoms with van der Waals surface area (Å²) in [7, 11) is 0. The zero-order chi connectivity index (χ0) is 27.6. The first-order chi connectivity index (χ1) is 18.1. The van der Waals surface area contributed by atoms with Crippen LogP contribution in [-0.4, -0.2) is 29.4 Å². The van der Waals surface area contributed by atoms with Crippen molar-refractivity contribution in [2.45, 2.75) is 27.2 Å². The van der Waals surface area contributed by atoms with Gasteiger partial charge in [0.1, 0.15) is 11.3 Å².